The minimum absolute atomic E-state index is 0.0754. The number of nitrogens with two attached hydrogens (primary N) is 1. The fraction of sp³-hybridized carbons (Fsp3) is 0.615. The smallest absolute Gasteiger partial charge is 0.274 e. The first kappa shape index (κ1) is 14.4. The highest BCUT2D eigenvalue weighted by Gasteiger charge is 2.19. The molecule has 0 saturated carbocycles. The molecule has 2 N–H and O–H groups in total. The summed E-state index contributed by atoms with van der Waals surface area (Å²) in [5.41, 5.74) is 5.82. The van der Waals surface area contributed by atoms with Crippen LogP contribution in [0.25, 0.3) is 0 Å². The third-order valence-electron chi connectivity index (χ3n) is 2.79. The minimum atomic E-state index is -0.0754. The molecule has 1 aromatic heterocycles. The number of nitrogens with zero attached hydrogens (tertiary/aromatic N) is 3. The second kappa shape index (κ2) is 6.93. The Morgan fingerprint density at radius 3 is 2.56 bits per heavy atom. The van der Waals surface area contributed by atoms with Crippen molar-refractivity contribution in [1.82, 2.24) is 15.1 Å². The first-order valence-electron chi connectivity index (χ1n) is 6.46. The van der Waals surface area contributed by atoms with E-state index in [-0.39, 0.29) is 11.9 Å². The van der Waals surface area contributed by atoms with Gasteiger partial charge >= 0.3 is 0 Å². The van der Waals surface area contributed by atoms with Crippen molar-refractivity contribution < 1.29 is 4.79 Å². The molecule has 0 atom stereocenters. The summed E-state index contributed by atoms with van der Waals surface area (Å²) in [6.07, 6.45) is 3.29. The SMILES string of the molecule is CCCCCN(C(=O)c1ccc(N)nn1)C(C)C. The van der Waals surface area contributed by atoms with E-state index in [1.54, 1.807) is 12.1 Å². The van der Waals surface area contributed by atoms with Crippen molar-refractivity contribution in [2.45, 2.75) is 46.1 Å². The molecule has 0 aliphatic rings. The van der Waals surface area contributed by atoms with E-state index in [9.17, 15) is 4.79 Å². The van der Waals surface area contributed by atoms with Crippen LogP contribution < -0.4 is 5.73 Å². The molecule has 0 radical (unpaired) electrons. The van der Waals surface area contributed by atoms with E-state index >= 15 is 0 Å². The van der Waals surface area contributed by atoms with Gasteiger partial charge in [0.15, 0.2) is 5.69 Å². The summed E-state index contributed by atoms with van der Waals surface area (Å²) in [4.78, 5) is 14.1. The summed E-state index contributed by atoms with van der Waals surface area (Å²) in [6, 6.07) is 3.39. The van der Waals surface area contributed by atoms with Crippen LogP contribution in [-0.4, -0.2) is 33.6 Å². The van der Waals surface area contributed by atoms with Crippen LogP contribution in [0.15, 0.2) is 12.1 Å². The van der Waals surface area contributed by atoms with Crippen LogP contribution in [0.3, 0.4) is 0 Å². The summed E-state index contributed by atoms with van der Waals surface area (Å²) in [7, 11) is 0. The van der Waals surface area contributed by atoms with Crippen molar-refractivity contribution in [3.63, 3.8) is 0 Å². The number of carbonyl (C=O) groups excluding carboxylic acids is 1. The van der Waals surface area contributed by atoms with Gasteiger partial charge in [0.25, 0.3) is 5.91 Å². The molecule has 5 nitrogen and oxygen atoms in total. The number of hydrogen-bond acceptors (Lipinski definition) is 4. The third-order valence-corrected chi connectivity index (χ3v) is 2.79. The number of unbranched alkanes of at least 4 members (excludes halogenated alkanes) is 2. The van der Waals surface area contributed by atoms with Gasteiger partial charge in [0.2, 0.25) is 0 Å². The summed E-state index contributed by atoms with van der Waals surface area (Å²) in [6.45, 7) is 6.92. The van der Waals surface area contributed by atoms with Crippen LogP contribution in [0, 0.1) is 0 Å². The number of amides is 1. The van der Waals surface area contributed by atoms with Crippen molar-refractivity contribution in [1.29, 1.82) is 0 Å². The third kappa shape index (κ3) is 3.98. The Hall–Kier alpha value is -1.65. The molecule has 0 unspecified atom stereocenters. The molecule has 0 aromatic carbocycles. The first-order chi connectivity index (χ1) is 8.56. The minimum Gasteiger partial charge on any atom is -0.382 e. The molecule has 1 amide bonds. The quantitative estimate of drug-likeness (QED) is 0.785. The van der Waals surface area contributed by atoms with Gasteiger partial charge in [-0.2, -0.15) is 0 Å². The molecule has 0 spiro atoms. The van der Waals surface area contributed by atoms with Crippen LogP contribution in [0.5, 0.6) is 0 Å². The lowest BCUT2D eigenvalue weighted by Gasteiger charge is -2.26. The molecular weight excluding hydrogens is 228 g/mol. The number of anilines is 1. The summed E-state index contributed by atoms with van der Waals surface area (Å²) >= 11 is 0. The maximum absolute atomic E-state index is 12.3. The molecule has 1 rings (SSSR count). The van der Waals surface area contributed by atoms with E-state index in [1.165, 1.54) is 0 Å². The fourth-order valence-corrected chi connectivity index (χ4v) is 1.73. The molecule has 0 saturated heterocycles. The number of aromatic nitrogens is 2. The van der Waals surface area contributed by atoms with Crippen molar-refractivity contribution >= 4 is 11.7 Å². The normalized spacial score (nSPS) is 10.7. The van der Waals surface area contributed by atoms with Gasteiger partial charge in [-0.3, -0.25) is 4.79 Å². The lowest BCUT2D eigenvalue weighted by Crippen LogP contribution is -2.38. The monoisotopic (exact) mass is 250 g/mol. The van der Waals surface area contributed by atoms with E-state index in [4.69, 9.17) is 5.73 Å². The average Bonchev–Trinajstić information content (AvgIpc) is 2.34. The van der Waals surface area contributed by atoms with E-state index < -0.39 is 0 Å². The van der Waals surface area contributed by atoms with E-state index in [2.05, 4.69) is 17.1 Å². The molecule has 0 bridgehead atoms. The Morgan fingerprint density at radius 1 is 1.33 bits per heavy atom. The molecule has 100 valence electrons. The zero-order valence-electron chi connectivity index (χ0n) is 11.4. The van der Waals surface area contributed by atoms with Gasteiger partial charge in [0.05, 0.1) is 0 Å². The summed E-state index contributed by atoms with van der Waals surface area (Å²) < 4.78 is 0. The molecule has 0 fully saturated rings. The topological polar surface area (TPSA) is 72.1 Å². The van der Waals surface area contributed by atoms with Gasteiger partial charge in [0.1, 0.15) is 5.82 Å². The Kier molecular flexibility index (Phi) is 5.55. The van der Waals surface area contributed by atoms with Gasteiger partial charge in [-0.05, 0) is 32.4 Å². The number of nitrogen functional groups attached to an aromatic ring is 1. The molecule has 1 heterocycles. The maximum Gasteiger partial charge on any atom is 0.274 e. The highest BCUT2D eigenvalue weighted by atomic mass is 16.2. The molecule has 5 heteroatoms. The van der Waals surface area contributed by atoms with E-state index in [0.717, 1.165) is 25.8 Å². The maximum atomic E-state index is 12.3. The van der Waals surface area contributed by atoms with Gasteiger partial charge in [-0.1, -0.05) is 19.8 Å². The van der Waals surface area contributed by atoms with Crippen molar-refractivity contribution in [3.05, 3.63) is 17.8 Å². The first-order valence-corrected chi connectivity index (χ1v) is 6.46. The van der Waals surface area contributed by atoms with Crippen LogP contribution >= 0.6 is 0 Å². The van der Waals surface area contributed by atoms with Crippen LogP contribution in [0.4, 0.5) is 5.82 Å². The van der Waals surface area contributed by atoms with Crippen LogP contribution in [0.1, 0.15) is 50.5 Å². The molecule has 0 aliphatic carbocycles. The fourth-order valence-electron chi connectivity index (χ4n) is 1.73. The molecule has 18 heavy (non-hydrogen) atoms. The van der Waals surface area contributed by atoms with Crippen molar-refractivity contribution in [2.24, 2.45) is 0 Å². The second-order valence-electron chi connectivity index (χ2n) is 4.64. The van der Waals surface area contributed by atoms with Crippen LogP contribution in [0.2, 0.25) is 0 Å². The Morgan fingerprint density at radius 2 is 2.06 bits per heavy atom. The Balaban J connectivity index is 2.73. The highest BCUT2D eigenvalue weighted by molar-refractivity contribution is 5.92. The van der Waals surface area contributed by atoms with Gasteiger partial charge in [0, 0.05) is 12.6 Å². The highest BCUT2D eigenvalue weighted by Crippen LogP contribution is 2.09. The van der Waals surface area contributed by atoms with Gasteiger partial charge in [-0.15, -0.1) is 10.2 Å². The standard InChI is InChI=1S/C13H22N4O/c1-4-5-6-9-17(10(2)3)13(18)11-7-8-12(14)16-15-11/h7-8,10H,4-6,9H2,1-3H3,(H2,14,16). The van der Waals surface area contributed by atoms with Gasteiger partial charge < -0.3 is 10.6 Å². The van der Waals surface area contributed by atoms with E-state index in [0.29, 0.717) is 11.5 Å². The lowest BCUT2D eigenvalue weighted by molar-refractivity contribution is 0.0695. The zero-order valence-corrected chi connectivity index (χ0v) is 11.4. The van der Waals surface area contributed by atoms with E-state index in [1.807, 2.05) is 18.7 Å². The number of hydrogen-bond donors (Lipinski definition) is 1. The predicted octanol–water partition coefficient (Wildman–Crippen LogP) is 2.10. The molecular formula is C13H22N4O. The number of carbonyl (C=O) groups is 1. The zero-order chi connectivity index (χ0) is 13.5. The summed E-state index contributed by atoms with van der Waals surface area (Å²) in [5, 5.41) is 7.56. The predicted molar refractivity (Wildman–Crippen MR) is 72.1 cm³/mol. The lowest BCUT2D eigenvalue weighted by atomic mass is 10.2. The van der Waals surface area contributed by atoms with Crippen molar-refractivity contribution in [2.75, 3.05) is 12.3 Å². The molecule has 0 aliphatic heterocycles. The van der Waals surface area contributed by atoms with Crippen molar-refractivity contribution in [3.8, 4) is 0 Å². The van der Waals surface area contributed by atoms with Gasteiger partial charge in [-0.25, -0.2) is 0 Å². The largest absolute Gasteiger partial charge is 0.382 e. The Bertz CT molecular complexity index is 375. The number of rotatable bonds is 6. The Labute approximate surface area is 108 Å². The van der Waals surface area contributed by atoms with Crippen LogP contribution in [-0.2, 0) is 0 Å². The molecule has 1 aromatic rings. The summed E-state index contributed by atoms with van der Waals surface area (Å²) in [5.74, 6) is 0.252. The second-order valence-corrected chi connectivity index (χ2v) is 4.64. The average molecular weight is 250 g/mol.